The average Bonchev–Trinajstić information content (AvgIpc) is 2.90. The first-order chi connectivity index (χ1) is 17.5. The molecule has 1 aromatic carbocycles. The SMILES string of the molecule is CCOc1cc([C@H]2C[C@H](OC(C)=O)CC[C@H]2NC(=O)c2ccc(N3CCCCC3)nc2)ccc1OC. The Morgan fingerprint density at radius 3 is 2.56 bits per heavy atom. The number of amides is 1. The van der Waals surface area contributed by atoms with Gasteiger partial charge in [0.2, 0.25) is 0 Å². The zero-order valence-corrected chi connectivity index (χ0v) is 21.5. The lowest BCUT2D eigenvalue weighted by Crippen LogP contribution is -2.44. The van der Waals surface area contributed by atoms with Crippen LogP contribution in [-0.2, 0) is 9.53 Å². The zero-order chi connectivity index (χ0) is 25.5. The number of anilines is 1. The summed E-state index contributed by atoms with van der Waals surface area (Å²) in [6.07, 6.45) is 7.11. The number of piperidine rings is 1. The number of nitrogens with one attached hydrogen (secondary N) is 1. The lowest BCUT2D eigenvalue weighted by molar-refractivity contribution is -0.148. The minimum Gasteiger partial charge on any atom is -0.493 e. The van der Waals surface area contributed by atoms with Crippen molar-refractivity contribution in [1.29, 1.82) is 0 Å². The lowest BCUT2D eigenvalue weighted by Gasteiger charge is -2.36. The van der Waals surface area contributed by atoms with Gasteiger partial charge in [-0.1, -0.05) is 6.07 Å². The number of hydrogen-bond donors (Lipinski definition) is 1. The maximum absolute atomic E-state index is 13.2. The molecule has 0 radical (unpaired) electrons. The van der Waals surface area contributed by atoms with Gasteiger partial charge in [0.25, 0.3) is 5.91 Å². The van der Waals surface area contributed by atoms with Crippen molar-refractivity contribution in [2.75, 3.05) is 31.7 Å². The molecule has 3 atom stereocenters. The normalized spacial score (nSPS) is 22.0. The summed E-state index contributed by atoms with van der Waals surface area (Å²) in [7, 11) is 1.61. The van der Waals surface area contributed by atoms with E-state index in [1.165, 1.54) is 26.2 Å². The molecule has 36 heavy (non-hydrogen) atoms. The smallest absolute Gasteiger partial charge is 0.302 e. The van der Waals surface area contributed by atoms with Crippen LogP contribution in [0.4, 0.5) is 5.82 Å². The van der Waals surface area contributed by atoms with E-state index in [0.717, 1.165) is 24.5 Å². The van der Waals surface area contributed by atoms with E-state index in [1.807, 2.05) is 37.3 Å². The van der Waals surface area contributed by atoms with Gasteiger partial charge in [-0.2, -0.15) is 0 Å². The Morgan fingerprint density at radius 1 is 1.08 bits per heavy atom. The fourth-order valence-electron chi connectivity index (χ4n) is 5.29. The monoisotopic (exact) mass is 495 g/mol. The van der Waals surface area contributed by atoms with Crippen molar-refractivity contribution in [1.82, 2.24) is 10.3 Å². The molecular formula is C28H37N3O5. The Morgan fingerprint density at radius 2 is 1.89 bits per heavy atom. The first-order valence-corrected chi connectivity index (χ1v) is 13.0. The Bertz CT molecular complexity index is 1040. The van der Waals surface area contributed by atoms with E-state index in [-0.39, 0.29) is 29.9 Å². The van der Waals surface area contributed by atoms with E-state index >= 15 is 0 Å². The Balaban J connectivity index is 1.52. The van der Waals surface area contributed by atoms with E-state index in [1.54, 1.807) is 13.3 Å². The van der Waals surface area contributed by atoms with Gasteiger partial charge in [0.05, 0.1) is 19.3 Å². The largest absolute Gasteiger partial charge is 0.493 e. The second kappa shape index (κ2) is 12.1. The first kappa shape index (κ1) is 25.8. The number of carbonyl (C=O) groups excluding carboxylic acids is 2. The summed E-state index contributed by atoms with van der Waals surface area (Å²) in [5.74, 6) is 1.77. The molecule has 0 unspecified atom stereocenters. The molecule has 0 spiro atoms. The van der Waals surface area contributed by atoms with Crippen molar-refractivity contribution in [3.63, 3.8) is 0 Å². The number of hydrogen-bond acceptors (Lipinski definition) is 7. The number of ether oxygens (including phenoxy) is 3. The van der Waals surface area contributed by atoms with Crippen LogP contribution in [0.1, 0.15) is 74.2 Å². The summed E-state index contributed by atoms with van der Waals surface area (Å²) >= 11 is 0. The third kappa shape index (κ3) is 6.28. The summed E-state index contributed by atoms with van der Waals surface area (Å²) in [5, 5.41) is 3.23. The van der Waals surface area contributed by atoms with Crippen molar-refractivity contribution >= 4 is 17.7 Å². The standard InChI is InChI=1S/C28H37N3O5/c1-4-35-26-16-20(8-12-25(26)34-3)23-17-22(36-19(2)32)10-11-24(23)30-28(33)21-9-13-27(29-18-21)31-14-6-5-7-15-31/h8-9,12-13,16,18,22-24H,4-7,10-11,14-15,17H2,1-3H3,(H,30,33)/t22-,23-,24-/m1/s1. The molecule has 1 aliphatic carbocycles. The minimum absolute atomic E-state index is 0.0438. The summed E-state index contributed by atoms with van der Waals surface area (Å²) in [6, 6.07) is 9.53. The maximum Gasteiger partial charge on any atom is 0.302 e. The van der Waals surface area contributed by atoms with Crippen molar-refractivity contribution in [3.8, 4) is 11.5 Å². The summed E-state index contributed by atoms with van der Waals surface area (Å²) in [6.45, 7) is 5.90. The number of benzene rings is 1. The third-order valence-corrected chi connectivity index (χ3v) is 7.06. The van der Waals surface area contributed by atoms with Crippen LogP contribution in [0.3, 0.4) is 0 Å². The van der Waals surface area contributed by atoms with Crippen LogP contribution in [0.25, 0.3) is 0 Å². The molecule has 8 heteroatoms. The predicted octanol–water partition coefficient (Wildman–Crippen LogP) is 4.48. The van der Waals surface area contributed by atoms with Crippen molar-refractivity contribution in [2.45, 2.75) is 70.4 Å². The quantitative estimate of drug-likeness (QED) is 0.540. The molecule has 1 aliphatic heterocycles. The van der Waals surface area contributed by atoms with Crippen LogP contribution in [0.15, 0.2) is 36.5 Å². The molecule has 2 fully saturated rings. The Hall–Kier alpha value is -3.29. The van der Waals surface area contributed by atoms with Crippen LogP contribution >= 0.6 is 0 Å². The molecule has 0 bridgehead atoms. The number of pyridine rings is 1. The molecule has 194 valence electrons. The lowest BCUT2D eigenvalue weighted by atomic mass is 9.78. The van der Waals surface area contributed by atoms with Gasteiger partial charge < -0.3 is 24.4 Å². The molecule has 1 N–H and O–H groups in total. The number of rotatable bonds is 8. The fraction of sp³-hybridized carbons (Fsp3) is 0.536. The van der Waals surface area contributed by atoms with Crippen LogP contribution in [-0.4, -0.2) is 55.8 Å². The van der Waals surface area contributed by atoms with Gasteiger partial charge in [-0.3, -0.25) is 9.59 Å². The van der Waals surface area contributed by atoms with E-state index in [4.69, 9.17) is 14.2 Å². The number of carbonyl (C=O) groups is 2. The van der Waals surface area contributed by atoms with Gasteiger partial charge in [0.15, 0.2) is 11.5 Å². The highest BCUT2D eigenvalue weighted by Gasteiger charge is 2.35. The second-order valence-electron chi connectivity index (χ2n) is 9.53. The average molecular weight is 496 g/mol. The number of methoxy groups -OCH3 is 1. The van der Waals surface area contributed by atoms with Crippen LogP contribution in [0.5, 0.6) is 11.5 Å². The Labute approximate surface area is 213 Å². The van der Waals surface area contributed by atoms with E-state index in [0.29, 0.717) is 42.9 Å². The number of aromatic nitrogens is 1. The molecule has 1 saturated heterocycles. The fourth-order valence-corrected chi connectivity index (χ4v) is 5.29. The molecule has 1 saturated carbocycles. The van der Waals surface area contributed by atoms with E-state index in [2.05, 4.69) is 15.2 Å². The molecule has 2 aliphatic rings. The van der Waals surface area contributed by atoms with Crippen LogP contribution in [0, 0.1) is 0 Å². The number of esters is 1. The van der Waals surface area contributed by atoms with Gasteiger partial charge in [-0.05, 0) is 75.3 Å². The Kier molecular flexibility index (Phi) is 8.67. The van der Waals surface area contributed by atoms with Crippen LogP contribution in [0.2, 0.25) is 0 Å². The van der Waals surface area contributed by atoms with Gasteiger partial charge in [-0.15, -0.1) is 0 Å². The second-order valence-corrected chi connectivity index (χ2v) is 9.53. The third-order valence-electron chi connectivity index (χ3n) is 7.06. The molecule has 4 rings (SSSR count). The van der Waals surface area contributed by atoms with E-state index < -0.39 is 0 Å². The van der Waals surface area contributed by atoms with Gasteiger partial charge in [-0.25, -0.2) is 4.98 Å². The first-order valence-electron chi connectivity index (χ1n) is 13.0. The summed E-state index contributed by atoms with van der Waals surface area (Å²) < 4.78 is 16.8. The molecule has 1 amide bonds. The highest BCUT2D eigenvalue weighted by Crippen LogP contribution is 2.39. The topological polar surface area (TPSA) is 90.0 Å². The minimum atomic E-state index is -0.286. The van der Waals surface area contributed by atoms with Crippen molar-refractivity contribution in [2.24, 2.45) is 0 Å². The van der Waals surface area contributed by atoms with Gasteiger partial charge >= 0.3 is 5.97 Å². The molecule has 2 heterocycles. The molecule has 1 aromatic heterocycles. The zero-order valence-electron chi connectivity index (χ0n) is 21.5. The molecule has 2 aromatic rings. The molecule has 8 nitrogen and oxygen atoms in total. The maximum atomic E-state index is 13.2. The van der Waals surface area contributed by atoms with Crippen molar-refractivity contribution in [3.05, 3.63) is 47.7 Å². The van der Waals surface area contributed by atoms with Crippen molar-refractivity contribution < 1.29 is 23.8 Å². The van der Waals surface area contributed by atoms with E-state index in [9.17, 15) is 9.59 Å². The highest BCUT2D eigenvalue weighted by atomic mass is 16.5. The van der Waals surface area contributed by atoms with Gasteiger partial charge in [0, 0.05) is 38.2 Å². The highest BCUT2D eigenvalue weighted by molar-refractivity contribution is 5.94. The summed E-state index contributed by atoms with van der Waals surface area (Å²) in [4.78, 5) is 31.7. The number of nitrogens with zero attached hydrogens (tertiary/aromatic N) is 2. The summed E-state index contributed by atoms with van der Waals surface area (Å²) in [5.41, 5.74) is 1.56. The van der Waals surface area contributed by atoms with Crippen LogP contribution < -0.4 is 19.7 Å². The van der Waals surface area contributed by atoms with Gasteiger partial charge in [0.1, 0.15) is 11.9 Å². The predicted molar refractivity (Wildman–Crippen MR) is 138 cm³/mol. The molecular weight excluding hydrogens is 458 g/mol.